The van der Waals surface area contributed by atoms with Gasteiger partial charge in [-0.15, -0.1) is 0 Å². The van der Waals surface area contributed by atoms with Crippen LogP contribution < -0.4 is 5.32 Å². The Labute approximate surface area is 165 Å². The van der Waals surface area contributed by atoms with Gasteiger partial charge in [-0.2, -0.15) is 0 Å². The van der Waals surface area contributed by atoms with Crippen molar-refractivity contribution in [2.75, 3.05) is 25.0 Å². The quantitative estimate of drug-likeness (QED) is 0.576. The van der Waals surface area contributed by atoms with Crippen LogP contribution in [-0.4, -0.2) is 35.4 Å². The number of anilines is 1. The molecule has 0 atom stereocenters. The first-order valence-corrected chi connectivity index (χ1v) is 9.83. The maximum atomic E-state index is 12.4. The summed E-state index contributed by atoms with van der Waals surface area (Å²) >= 11 is 0. The zero-order valence-corrected chi connectivity index (χ0v) is 16.3. The van der Waals surface area contributed by atoms with E-state index in [9.17, 15) is 14.9 Å². The van der Waals surface area contributed by atoms with Gasteiger partial charge in [0.2, 0.25) is 5.91 Å². The summed E-state index contributed by atoms with van der Waals surface area (Å²) in [7, 11) is 0. The van der Waals surface area contributed by atoms with Crippen molar-refractivity contribution in [1.29, 1.82) is 0 Å². The molecule has 2 aromatic carbocycles. The van der Waals surface area contributed by atoms with E-state index in [-0.39, 0.29) is 18.1 Å². The molecule has 1 heterocycles. The molecule has 0 spiro atoms. The van der Waals surface area contributed by atoms with Crippen LogP contribution in [0.2, 0.25) is 0 Å². The monoisotopic (exact) mass is 381 g/mol. The first kappa shape index (κ1) is 20.0. The number of carbonyl (C=O) groups is 1. The summed E-state index contributed by atoms with van der Waals surface area (Å²) in [5.74, 6) is 0.497. The van der Waals surface area contributed by atoms with Gasteiger partial charge in [-0.3, -0.25) is 19.8 Å². The molecule has 3 rings (SSSR count). The van der Waals surface area contributed by atoms with Crippen molar-refractivity contribution >= 4 is 17.3 Å². The summed E-state index contributed by atoms with van der Waals surface area (Å²) < 4.78 is 0. The number of amides is 1. The van der Waals surface area contributed by atoms with Gasteiger partial charge in [-0.25, -0.2) is 0 Å². The van der Waals surface area contributed by atoms with Gasteiger partial charge in [0.1, 0.15) is 5.69 Å². The molecule has 1 aliphatic rings. The van der Waals surface area contributed by atoms with Gasteiger partial charge in [0.25, 0.3) is 5.69 Å². The number of piperidine rings is 1. The van der Waals surface area contributed by atoms with Crippen molar-refractivity contribution in [3.8, 4) is 0 Å². The zero-order valence-electron chi connectivity index (χ0n) is 16.3. The summed E-state index contributed by atoms with van der Waals surface area (Å²) in [6.45, 7) is 3.82. The van der Waals surface area contributed by atoms with Gasteiger partial charge in [0.15, 0.2) is 0 Å². The third kappa shape index (κ3) is 5.39. The Morgan fingerprint density at radius 1 is 1.14 bits per heavy atom. The van der Waals surface area contributed by atoms with Crippen LogP contribution in [-0.2, 0) is 11.2 Å². The van der Waals surface area contributed by atoms with E-state index in [2.05, 4.69) is 34.5 Å². The van der Waals surface area contributed by atoms with Crippen molar-refractivity contribution < 1.29 is 9.72 Å². The number of hydrogen-bond donors (Lipinski definition) is 1. The molecule has 148 valence electrons. The second-order valence-electron chi connectivity index (χ2n) is 7.52. The lowest BCUT2D eigenvalue weighted by molar-refractivity contribution is -0.384. The highest BCUT2D eigenvalue weighted by Gasteiger charge is 2.22. The van der Waals surface area contributed by atoms with Crippen LogP contribution in [0.4, 0.5) is 11.4 Å². The highest BCUT2D eigenvalue weighted by atomic mass is 16.6. The van der Waals surface area contributed by atoms with E-state index >= 15 is 0 Å². The minimum Gasteiger partial charge on any atom is -0.319 e. The largest absolute Gasteiger partial charge is 0.319 e. The number of nitrogens with one attached hydrogen (secondary N) is 1. The highest BCUT2D eigenvalue weighted by molar-refractivity contribution is 5.95. The van der Waals surface area contributed by atoms with E-state index < -0.39 is 4.92 Å². The van der Waals surface area contributed by atoms with Crippen molar-refractivity contribution in [2.45, 2.75) is 32.6 Å². The van der Waals surface area contributed by atoms with Crippen molar-refractivity contribution in [1.82, 2.24) is 4.90 Å². The number of benzene rings is 2. The topological polar surface area (TPSA) is 75.5 Å². The predicted octanol–water partition coefficient (Wildman–Crippen LogP) is 4.19. The third-order valence-corrected chi connectivity index (χ3v) is 5.47. The van der Waals surface area contributed by atoms with E-state index in [0.717, 1.165) is 32.4 Å². The maximum absolute atomic E-state index is 12.4. The van der Waals surface area contributed by atoms with Crippen LogP contribution in [0.3, 0.4) is 0 Å². The van der Waals surface area contributed by atoms with Crippen LogP contribution in [0.1, 0.15) is 30.4 Å². The lowest BCUT2D eigenvalue weighted by Crippen LogP contribution is -2.39. The molecule has 0 saturated carbocycles. The Morgan fingerprint density at radius 3 is 2.54 bits per heavy atom. The standard InChI is InChI=1S/C22H27N3O3/c1-17-6-5-9-20(25(27)28)22(17)23-21(26)16-24-14-12-19(13-15-24)11-10-18-7-3-2-4-8-18/h2-9,19H,10-16H2,1H3,(H,23,26). The van der Waals surface area contributed by atoms with Crippen LogP contribution in [0.15, 0.2) is 48.5 Å². The predicted molar refractivity (Wildman–Crippen MR) is 110 cm³/mol. The lowest BCUT2D eigenvalue weighted by Gasteiger charge is -2.31. The molecular weight excluding hydrogens is 354 g/mol. The fraction of sp³-hybridized carbons (Fsp3) is 0.409. The number of aryl methyl sites for hydroxylation is 2. The number of rotatable bonds is 7. The Kier molecular flexibility index (Phi) is 6.76. The van der Waals surface area contributed by atoms with Gasteiger partial charge in [0, 0.05) is 6.07 Å². The van der Waals surface area contributed by atoms with E-state index in [1.54, 1.807) is 19.1 Å². The van der Waals surface area contributed by atoms with Gasteiger partial charge in [-0.05, 0) is 62.7 Å². The Hall–Kier alpha value is -2.73. The summed E-state index contributed by atoms with van der Waals surface area (Å²) in [6.07, 6.45) is 4.46. The molecule has 1 aliphatic heterocycles. The normalized spacial score (nSPS) is 15.3. The molecule has 0 bridgehead atoms. The van der Waals surface area contributed by atoms with E-state index in [1.807, 2.05) is 6.07 Å². The number of nitro groups is 1. The SMILES string of the molecule is Cc1cccc([N+](=O)[O-])c1NC(=O)CN1CCC(CCc2ccccc2)CC1. The second-order valence-corrected chi connectivity index (χ2v) is 7.52. The second kappa shape index (κ2) is 9.46. The molecule has 1 fully saturated rings. The molecule has 1 N–H and O–H groups in total. The molecule has 6 heteroatoms. The number of likely N-dealkylation sites (tertiary alicyclic amines) is 1. The van der Waals surface area contributed by atoms with Gasteiger partial charge < -0.3 is 5.32 Å². The lowest BCUT2D eigenvalue weighted by atomic mass is 9.90. The summed E-state index contributed by atoms with van der Waals surface area (Å²) in [5.41, 5.74) is 2.31. The summed E-state index contributed by atoms with van der Waals surface area (Å²) in [5, 5.41) is 13.9. The smallest absolute Gasteiger partial charge is 0.293 e. The van der Waals surface area contributed by atoms with E-state index in [1.165, 1.54) is 18.1 Å². The van der Waals surface area contributed by atoms with E-state index in [0.29, 0.717) is 17.2 Å². The van der Waals surface area contributed by atoms with Gasteiger partial charge in [0.05, 0.1) is 11.5 Å². The van der Waals surface area contributed by atoms with Crippen LogP contribution in [0, 0.1) is 23.0 Å². The Bertz CT molecular complexity index is 815. The fourth-order valence-corrected chi connectivity index (χ4v) is 3.80. The third-order valence-electron chi connectivity index (χ3n) is 5.47. The average molecular weight is 381 g/mol. The molecule has 0 aliphatic carbocycles. The highest BCUT2D eigenvalue weighted by Crippen LogP contribution is 2.28. The first-order valence-electron chi connectivity index (χ1n) is 9.83. The molecule has 0 aromatic heterocycles. The minimum absolute atomic E-state index is 0.0621. The van der Waals surface area contributed by atoms with Crippen molar-refractivity contribution in [3.63, 3.8) is 0 Å². The van der Waals surface area contributed by atoms with Crippen molar-refractivity contribution in [3.05, 3.63) is 69.8 Å². The molecule has 28 heavy (non-hydrogen) atoms. The molecule has 0 unspecified atom stereocenters. The molecule has 1 saturated heterocycles. The first-order chi connectivity index (χ1) is 13.5. The van der Waals surface area contributed by atoms with E-state index in [4.69, 9.17) is 0 Å². The molecule has 0 radical (unpaired) electrons. The summed E-state index contributed by atoms with van der Waals surface area (Å²) in [6, 6.07) is 15.3. The maximum Gasteiger partial charge on any atom is 0.293 e. The molecule has 2 aromatic rings. The van der Waals surface area contributed by atoms with Crippen LogP contribution in [0.5, 0.6) is 0 Å². The van der Waals surface area contributed by atoms with Gasteiger partial charge >= 0.3 is 0 Å². The van der Waals surface area contributed by atoms with Crippen molar-refractivity contribution in [2.24, 2.45) is 5.92 Å². The minimum atomic E-state index is -0.457. The average Bonchev–Trinajstić information content (AvgIpc) is 2.69. The Morgan fingerprint density at radius 2 is 1.86 bits per heavy atom. The Balaban J connectivity index is 1.46. The zero-order chi connectivity index (χ0) is 19.9. The molecular formula is C22H27N3O3. The molecule has 1 amide bonds. The van der Waals surface area contributed by atoms with Crippen LogP contribution >= 0.6 is 0 Å². The molecule has 6 nitrogen and oxygen atoms in total. The number of nitrogens with zero attached hydrogens (tertiary/aromatic N) is 2. The van der Waals surface area contributed by atoms with Crippen LogP contribution in [0.25, 0.3) is 0 Å². The number of carbonyl (C=O) groups excluding carboxylic acids is 1. The number of para-hydroxylation sites is 1. The van der Waals surface area contributed by atoms with Gasteiger partial charge in [-0.1, -0.05) is 42.5 Å². The number of hydrogen-bond acceptors (Lipinski definition) is 4. The number of nitro benzene ring substituents is 1. The fourth-order valence-electron chi connectivity index (χ4n) is 3.80. The summed E-state index contributed by atoms with van der Waals surface area (Å²) in [4.78, 5) is 25.3.